The summed E-state index contributed by atoms with van der Waals surface area (Å²) in [4.78, 5) is 13.1. The summed E-state index contributed by atoms with van der Waals surface area (Å²) >= 11 is 0. The van der Waals surface area contributed by atoms with Crippen molar-refractivity contribution in [2.45, 2.75) is 281 Å². The highest BCUT2D eigenvalue weighted by Gasteiger charge is 2.44. The molecule has 10 heteroatoms. The average molecular weight is 868 g/mol. The number of aliphatic hydroxyl groups excluding tert-OH is 6. The number of hydrogen-bond acceptors (Lipinski definition) is 9. The highest BCUT2D eigenvalue weighted by atomic mass is 16.7. The minimum Gasteiger partial charge on any atom is -0.394 e. The second-order valence-corrected chi connectivity index (χ2v) is 18.1. The topological polar surface area (TPSA) is 169 Å². The van der Waals surface area contributed by atoms with Gasteiger partial charge in [0.2, 0.25) is 5.91 Å². The third-order valence-electron chi connectivity index (χ3n) is 12.4. The van der Waals surface area contributed by atoms with E-state index in [2.05, 4.69) is 31.3 Å². The average Bonchev–Trinajstić information content (AvgIpc) is 3.26. The van der Waals surface area contributed by atoms with Crippen LogP contribution in [0.25, 0.3) is 0 Å². The van der Waals surface area contributed by atoms with Gasteiger partial charge in [-0.05, 0) is 44.9 Å². The summed E-state index contributed by atoms with van der Waals surface area (Å²) in [5.74, 6) is -0.618. The Hall–Kier alpha value is -1.37. The van der Waals surface area contributed by atoms with Gasteiger partial charge in [-0.15, -0.1) is 0 Å². The van der Waals surface area contributed by atoms with Crippen LogP contribution < -0.4 is 5.32 Å². The van der Waals surface area contributed by atoms with Gasteiger partial charge >= 0.3 is 0 Å². The van der Waals surface area contributed by atoms with Gasteiger partial charge in [-0.2, -0.15) is 0 Å². The van der Waals surface area contributed by atoms with Crippen LogP contribution in [0, 0.1) is 0 Å². The summed E-state index contributed by atoms with van der Waals surface area (Å²) in [5.41, 5.74) is 0. The zero-order valence-electron chi connectivity index (χ0n) is 39.3. The van der Waals surface area contributed by atoms with E-state index < -0.39 is 61.5 Å². The van der Waals surface area contributed by atoms with Crippen LogP contribution in [-0.2, 0) is 14.3 Å². The van der Waals surface area contributed by atoms with Gasteiger partial charge < -0.3 is 45.4 Å². The van der Waals surface area contributed by atoms with Gasteiger partial charge in [-0.3, -0.25) is 4.79 Å². The molecule has 360 valence electrons. The molecule has 61 heavy (non-hydrogen) atoms. The first-order valence-electron chi connectivity index (χ1n) is 25.7. The van der Waals surface area contributed by atoms with Gasteiger partial charge in [0.25, 0.3) is 0 Å². The van der Waals surface area contributed by atoms with Crippen LogP contribution in [0.15, 0.2) is 24.3 Å². The van der Waals surface area contributed by atoms with E-state index in [0.717, 1.165) is 38.5 Å². The first-order valence-corrected chi connectivity index (χ1v) is 25.7. The number of nitrogens with one attached hydrogen (secondary N) is 1. The van der Waals surface area contributed by atoms with E-state index in [1.165, 1.54) is 167 Å². The standard InChI is InChI=1S/C51H97NO9/c1-3-5-7-9-11-13-15-17-18-19-20-21-22-23-24-25-26-27-28-30-32-34-36-38-40-45(55)50(59)52-43(42-60-51-49(58)48(57)47(56)46(41-53)61-51)44(54)39-37-35-33-31-29-16-14-12-10-8-6-4-2/h23-24,37,39,43-49,51,53-58H,3-22,25-36,38,40-42H2,1-2H3,(H,52,59)/b24-23-,39-37+. The number of carbonyl (C=O) groups excluding carboxylic acids is 1. The Morgan fingerprint density at radius 2 is 0.951 bits per heavy atom. The lowest BCUT2D eigenvalue weighted by atomic mass is 9.99. The maximum atomic E-state index is 13.1. The summed E-state index contributed by atoms with van der Waals surface area (Å²) in [6.45, 7) is 3.61. The molecule has 8 unspecified atom stereocenters. The number of ether oxygens (including phenoxy) is 2. The normalized spacial score (nSPS) is 21.1. The van der Waals surface area contributed by atoms with E-state index in [9.17, 15) is 35.4 Å². The summed E-state index contributed by atoms with van der Waals surface area (Å²) in [6.07, 6.45) is 39.9. The molecule has 0 aromatic rings. The number of rotatable bonds is 43. The van der Waals surface area contributed by atoms with Gasteiger partial charge in [0.15, 0.2) is 6.29 Å². The molecule has 8 atom stereocenters. The van der Waals surface area contributed by atoms with Crippen molar-refractivity contribution in [1.82, 2.24) is 5.32 Å². The van der Waals surface area contributed by atoms with Crippen LogP contribution in [0.5, 0.6) is 0 Å². The van der Waals surface area contributed by atoms with Crippen molar-refractivity contribution in [2.75, 3.05) is 13.2 Å². The molecule has 1 saturated heterocycles. The van der Waals surface area contributed by atoms with Gasteiger partial charge in [0.1, 0.15) is 30.5 Å². The first kappa shape index (κ1) is 57.6. The number of aliphatic hydroxyl groups is 6. The van der Waals surface area contributed by atoms with Gasteiger partial charge in [-0.25, -0.2) is 0 Å². The van der Waals surface area contributed by atoms with E-state index in [1.54, 1.807) is 6.08 Å². The molecule has 1 rings (SSSR count). The van der Waals surface area contributed by atoms with Crippen LogP contribution in [0.2, 0.25) is 0 Å². The largest absolute Gasteiger partial charge is 0.394 e. The Balaban J connectivity index is 2.28. The molecule has 1 fully saturated rings. The molecule has 0 aliphatic carbocycles. The van der Waals surface area contributed by atoms with Crippen molar-refractivity contribution in [1.29, 1.82) is 0 Å². The Bertz CT molecular complexity index is 1030. The third-order valence-corrected chi connectivity index (χ3v) is 12.4. The first-order chi connectivity index (χ1) is 29.8. The molecule has 1 aliphatic heterocycles. The minimum absolute atomic E-state index is 0.305. The fourth-order valence-electron chi connectivity index (χ4n) is 8.16. The molecule has 10 nitrogen and oxygen atoms in total. The van der Waals surface area contributed by atoms with Crippen molar-refractivity contribution >= 4 is 5.91 Å². The van der Waals surface area contributed by atoms with E-state index in [-0.39, 0.29) is 6.61 Å². The van der Waals surface area contributed by atoms with E-state index >= 15 is 0 Å². The Morgan fingerprint density at radius 1 is 0.557 bits per heavy atom. The monoisotopic (exact) mass is 868 g/mol. The van der Waals surface area contributed by atoms with E-state index in [4.69, 9.17) is 9.47 Å². The third kappa shape index (κ3) is 31.2. The Morgan fingerprint density at radius 3 is 1.38 bits per heavy atom. The lowest BCUT2D eigenvalue weighted by molar-refractivity contribution is -0.302. The fraction of sp³-hybridized carbons (Fsp3) is 0.902. The van der Waals surface area contributed by atoms with Crippen LogP contribution in [0.1, 0.15) is 232 Å². The smallest absolute Gasteiger partial charge is 0.249 e. The summed E-state index contributed by atoms with van der Waals surface area (Å²) in [5, 5.41) is 64.7. The number of carbonyl (C=O) groups is 1. The summed E-state index contributed by atoms with van der Waals surface area (Å²) < 4.78 is 11.1. The number of hydrogen-bond donors (Lipinski definition) is 7. The molecule has 0 aromatic carbocycles. The molecular formula is C51H97NO9. The van der Waals surface area contributed by atoms with Crippen molar-refractivity contribution in [3.05, 3.63) is 24.3 Å². The second-order valence-electron chi connectivity index (χ2n) is 18.1. The van der Waals surface area contributed by atoms with Crippen LogP contribution >= 0.6 is 0 Å². The summed E-state index contributed by atoms with van der Waals surface area (Å²) in [7, 11) is 0. The van der Waals surface area contributed by atoms with Crippen molar-refractivity contribution in [3.8, 4) is 0 Å². The lowest BCUT2D eigenvalue weighted by Gasteiger charge is -2.40. The molecule has 0 bridgehead atoms. The molecular weight excluding hydrogens is 771 g/mol. The van der Waals surface area contributed by atoms with Crippen LogP contribution in [-0.4, -0.2) is 98.7 Å². The van der Waals surface area contributed by atoms with Crippen molar-refractivity contribution in [2.24, 2.45) is 0 Å². The van der Waals surface area contributed by atoms with Crippen LogP contribution in [0.4, 0.5) is 0 Å². The highest BCUT2D eigenvalue weighted by Crippen LogP contribution is 2.23. The second kappa shape index (κ2) is 41.3. The van der Waals surface area contributed by atoms with Crippen LogP contribution in [0.3, 0.4) is 0 Å². The number of unbranched alkanes of at least 4 members (excludes halogenated alkanes) is 30. The quantitative estimate of drug-likeness (QED) is 0.0233. The molecule has 0 radical (unpaired) electrons. The SMILES string of the molecule is CCCCCCCCCCCC/C=C/C(O)C(COC1OC(CO)C(O)C(O)C1O)NC(=O)C(O)CCCCCCCCCC/C=C\CCCCCCCCCCCCCC. The molecule has 7 N–H and O–H groups in total. The van der Waals surface area contributed by atoms with Crippen molar-refractivity contribution < 1.29 is 44.9 Å². The summed E-state index contributed by atoms with van der Waals surface area (Å²) in [6, 6.07) is -0.979. The van der Waals surface area contributed by atoms with Crippen molar-refractivity contribution in [3.63, 3.8) is 0 Å². The predicted molar refractivity (Wildman–Crippen MR) is 250 cm³/mol. The lowest BCUT2D eigenvalue weighted by Crippen LogP contribution is -2.60. The highest BCUT2D eigenvalue weighted by molar-refractivity contribution is 5.80. The Kier molecular flexibility index (Phi) is 39.1. The van der Waals surface area contributed by atoms with Gasteiger partial charge in [0, 0.05) is 0 Å². The Labute approximate surface area is 373 Å². The maximum absolute atomic E-state index is 13.1. The van der Waals surface area contributed by atoms with Gasteiger partial charge in [0.05, 0.1) is 25.4 Å². The fourth-order valence-corrected chi connectivity index (χ4v) is 8.16. The molecule has 0 aromatic heterocycles. The zero-order chi connectivity index (χ0) is 44.6. The molecule has 1 amide bonds. The van der Waals surface area contributed by atoms with E-state index in [1.807, 2.05) is 6.08 Å². The molecule has 0 saturated carbocycles. The van der Waals surface area contributed by atoms with Gasteiger partial charge in [-0.1, -0.05) is 212 Å². The van der Waals surface area contributed by atoms with E-state index in [0.29, 0.717) is 12.8 Å². The zero-order valence-corrected chi connectivity index (χ0v) is 39.3. The molecule has 1 aliphatic rings. The number of allylic oxidation sites excluding steroid dienone is 3. The maximum Gasteiger partial charge on any atom is 0.249 e. The molecule has 0 spiro atoms. The predicted octanol–water partition coefficient (Wildman–Crippen LogP) is 10.4. The minimum atomic E-state index is -1.61. The molecule has 1 heterocycles. The number of amides is 1.